The van der Waals surface area contributed by atoms with Crippen molar-refractivity contribution >= 4 is 11.8 Å². The molecule has 0 unspecified atom stereocenters. The molecule has 1 atom stereocenters. The van der Waals surface area contributed by atoms with Crippen LogP contribution in [0.25, 0.3) is 11.3 Å². The largest absolute Gasteiger partial charge is 0.463 e. The van der Waals surface area contributed by atoms with Gasteiger partial charge in [-0.25, -0.2) is 0 Å². The first-order valence-corrected chi connectivity index (χ1v) is 9.44. The lowest BCUT2D eigenvalue weighted by atomic mass is 10.0. The molecule has 0 aliphatic heterocycles. The van der Waals surface area contributed by atoms with Gasteiger partial charge in [0.1, 0.15) is 5.69 Å². The first kappa shape index (κ1) is 18.7. The Balaban J connectivity index is 1.40. The summed E-state index contributed by atoms with van der Waals surface area (Å²) in [4.78, 5) is 12.4. The van der Waals surface area contributed by atoms with E-state index in [1.54, 1.807) is 12.3 Å². The highest BCUT2D eigenvalue weighted by Crippen LogP contribution is 2.22. The average Bonchev–Trinajstić information content (AvgIpc) is 3.42. The number of rotatable bonds is 7. The van der Waals surface area contributed by atoms with Gasteiger partial charge in [0.2, 0.25) is 5.88 Å². The fourth-order valence-corrected chi connectivity index (χ4v) is 3.15. The number of hydrogen-bond donors (Lipinski definition) is 2. The van der Waals surface area contributed by atoms with Crippen molar-refractivity contribution in [3.05, 3.63) is 95.9 Å². The molecule has 2 aromatic carbocycles. The predicted octanol–water partition coefficient (Wildman–Crippen LogP) is 3.53. The topological polar surface area (TPSA) is 84.9 Å². The van der Waals surface area contributed by atoms with Crippen molar-refractivity contribution in [3.8, 4) is 11.3 Å². The smallest absolute Gasteiger partial charge is 0.281 e. The third-order valence-corrected chi connectivity index (χ3v) is 4.67. The van der Waals surface area contributed by atoms with Gasteiger partial charge in [0, 0.05) is 17.2 Å². The molecule has 6 heteroatoms. The number of nitrogens with two attached hydrogens (primary N) is 1. The maximum absolute atomic E-state index is 12.4. The molecule has 0 radical (unpaired) electrons. The van der Waals surface area contributed by atoms with E-state index in [9.17, 15) is 4.79 Å². The summed E-state index contributed by atoms with van der Waals surface area (Å²) >= 11 is 0. The lowest BCUT2D eigenvalue weighted by molar-refractivity contribution is -0.678. The summed E-state index contributed by atoms with van der Waals surface area (Å²) in [5.74, 6) is 0.947. The van der Waals surface area contributed by atoms with E-state index in [4.69, 9.17) is 8.94 Å². The van der Waals surface area contributed by atoms with Gasteiger partial charge in [-0.3, -0.25) is 10.1 Å². The molecular formula is C23H22N3O3+. The Kier molecular flexibility index (Phi) is 5.54. The standard InChI is InChI=1S/C23H21N3O3/c1-16-9-11-17(12-10-16)19-14-22(29-26-19)25-21(27)15-24-23(20-8-5-13-28-20)18-6-3-2-4-7-18/h2-14,23-24H,15H2,1H3,(H,25,27)/p+1/t23-/m0/s1. The maximum atomic E-state index is 12.4. The Morgan fingerprint density at radius 3 is 2.59 bits per heavy atom. The summed E-state index contributed by atoms with van der Waals surface area (Å²) in [6.07, 6.45) is 1.64. The second-order valence-electron chi connectivity index (χ2n) is 6.83. The first-order valence-electron chi connectivity index (χ1n) is 9.44. The quantitative estimate of drug-likeness (QED) is 0.507. The summed E-state index contributed by atoms with van der Waals surface area (Å²) < 4.78 is 10.8. The molecular weight excluding hydrogens is 366 g/mol. The Labute approximate surface area is 168 Å². The molecule has 1 amide bonds. The Bertz CT molecular complexity index is 1050. The second-order valence-corrected chi connectivity index (χ2v) is 6.83. The molecule has 0 bridgehead atoms. The number of hydrogen-bond acceptors (Lipinski definition) is 4. The summed E-state index contributed by atoms with van der Waals surface area (Å²) in [5.41, 5.74) is 3.86. The molecule has 2 heterocycles. The first-order chi connectivity index (χ1) is 14.2. The minimum Gasteiger partial charge on any atom is -0.463 e. The molecule has 29 heavy (non-hydrogen) atoms. The summed E-state index contributed by atoms with van der Waals surface area (Å²) in [6.45, 7) is 2.24. The Morgan fingerprint density at radius 1 is 1.07 bits per heavy atom. The Morgan fingerprint density at radius 2 is 1.86 bits per heavy atom. The highest BCUT2D eigenvalue weighted by atomic mass is 16.5. The van der Waals surface area contributed by atoms with Gasteiger partial charge >= 0.3 is 0 Å². The number of benzene rings is 2. The van der Waals surface area contributed by atoms with Crippen LogP contribution in [0.3, 0.4) is 0 Å². The minimum atomic E-state index is -0.177. The highest BCUT2D eigenvalue weighted by molar-refractivity contribution is 5.90. The summed E-state index contributed by atoms with van der Waals surface area (Å²) in [6, 6.07) is 23.3. The van der Waals surface area contributed by atoms with Gasteiger partial charge in [-0.1, -0.05) is 65.3 Å². The van der Waals surface area contributed by atoms with Crippen LogP contribution in [0.4, 0.5) is 5.88 Å². The van der Waals surface area contributed by atoms with Crippen molar-refractivity contribution in [1.29, 1.82) is 0 Å². The van der Waals surface area contributed by atoms with E-state index in [1.165, 1.54) is 5.56 Å². The normalized spacial score (nSPS) is 11.9. The average molecular weight is 388 g/mol. The van der Waals surface area contributed by atoms with Crippen LogP contribution in [0, 0.1) is 6.92 Å². The van der Waals surface area contributed by atoms with Crippen molar-refractivity contribution in [2.24, 2.45) is 0 Å². The van der Waals surface area contributed by atoms with Crippen molar-refractivity contribution in [3.63, 3.8) is 0 Å². The number of anilines is 1. The van der Waals surface area contributed by atoms with E-state index >= 15 is 0 Å². The van der Waals surface area contributed by atoms with Crippen LogP contribution in [0.5, 0.6) is 0 Å². The van der Waals surface area contributed by atoms with Gasteiger partial charge in [-0.05, 0) is 19.1 Å². The summed E-state index contributed by atoms with van der Waals surface area (Å²) in [5, 5.41) is 8.73. The molecule has 0 saturated heterocycles. The zero-order valence-corrected chi connectivity index (χ0v) is 16.0. The van der Waals surface area contributed by atoms with Crippen molar-refractivity contribution < 1.29 is 19.1 Å². The SMILES string of the molecule is Cc1ccc(-c2cc(NC(=O)C[NH2+][C@@H](c3ccccc3)c3ccco3)on2)cc1. The van der Waals surface area contributed by atoms with E-state index in [-0.39, 0.29) is 18.5 Å². The van der Waals surface area contributed by atoms with Crippen LogP contribution in [0.1, 0.15) is 22.9 Å². The van der Waals surface area contributed by atoms with Crippen LogP contribution in [0.2, 0.25) is 0 Å². The molecule has 0 spiro atoms. The molecule has 4 aromatic rings. The fourth-order valence-electron chi connectivity index (χ4n) is 3.15. The molecule has 3 N–H and O–H groups in total. The number of aryl methyl sites for hydroxylation is 1. The molecule has 0 saturated carbocycles. The number of nitrogens with one attached hydrogen (secondary N) is 1. The lowest BCUT2D eigenvalue weighted by Crippen LogP contribution is -2.87. The molecule has 0 aliphatic carbocycles. The monoisotopic (exact) mass is 388 g/mol. The van der Waals surface area contributed by atoms with E-state index < -0.39 is 0 Å². The third-order valence-electron chi connectivity index (χ3n) is 4.67. The second kappa shape index (κ2) is 8.58. The summed E-state index contributed by atoms with van der Waals surface area (Å²) in [7, 11) is 0. The van der Waals surface area contributed by atoms with Gasteiger partial charge in [-0.15, -0.1) is 0 Å². The third kappa shape index (κ3) is 4.62. The zero-order valence-electron chi connectivity index (χ0n) is 16.0. The van der Waals surface area contributed by atoms with E-state index in [1.807, 2.05) is 79.0 Å². The minimum absolute atomic E-state index is 0.102. The van der Waals surface area contributed by atoms with Crippen molar-refractivity contribution in [1.82, 2.24) is 5.16 Å². The van der Waals surface area contributed by atoms with Crippen LogP contribution < -0.4 is 10.6 Å². The van der Waals surface area contributed by atoms with Crippen LogP contribution in [-0.2, 0) is 4.79 Å². The molecule has 2 aromatic heterocycles. The molecule has 0 aliphatic rings. The van der Waals surface area contributed by atoms with Crippen molar-refractivity contribution in [2.75, 3.05) is 11.9 Å². The number of nitrogens with zero attached hydrogens (tertiary/aromatic N) is 1. The van der Waals surface area contributed by atoms with Gasteiger partial charge in [0.25, 0.3) is 5.91 Å². The van der Waals surface area contributed by atoms with Crippen molar-refractivity contribution in [2.45, 2.75) is 13.0 Å². The zero-order chi connectivity index (χ0) is 20.1. The highest BCUT2D eigenvalue weighted by Gasteiger charge is 2.22. The van der Waals surface area contributed by atoms with Crippen LogP contribution in [-0.4, -0.2) is 17.6 Å². The number of quaternary nitrogens is 1. The van der Waals surface area contributed by atoms with E-state index in [0.717, 1.165) is 16.9 Å². The fraction of sp³-hybridized carbons (Fsp3) is 0.130. The number of aromatic nitrogens is 1. The molecule has 4 rings (SSSR count). The lowest BCUT2D eigenvalue weighted by Gasteiger charge is -2.13. The van der Waals surface area contributed by atoms with Gasteiger partial charge < -0.3 is 14.3 Å². The van der Waals surface area contributed by atoms with E-state index in [0.29, 0.717) is 11.6 Å². The van der Waals surface area contributed by atoms with Gasteiger partial charge in [0.05, 0.1) is 6.26 Å². The number of furan rings is 1. The number of carbonyl (C=O) groups excluding carboxylic acids is 1. The number of amides is 1. The number of carbonyl (C=O) groups is 1. The molecule has 0 fully saturated rings. The van der Waals surface area contributed by atoms with Crippen LogP contribution in [0.15, 0.2) is 88.0 Å². The van der Waals surface area contributed by atoms with Crippen LogP contribution >= 0.6 is 0 Å². The molecule has 146 valence electrons. The van der Waals surface area contributed by atoms with Gasteiger partial charge in [-0.2, -0.15) is 0 Å². The Hall–Kier alpha value is -3.64. The van der Waals surface area contributed by atoms with E-state index in [2.05, 4.69) is 10.5 Å². The maximum Gasteiger partial charge on any atom is 0.281 e. The van der Waals surface area contributed by atoms with Gasteiger partial charge in [0.15, 0.2) is 18.3 Å². The predicted molar refractivity (Wildman–Crippen MR) is 109 cm³/mol. The molecule has 6 nitrogen and oxygen atoms in total.